The van der Waals surface area contributed by atoms with E-state index in [1.54, 1.807) is 0 Å². The lowest BCUT2D eigenvalue weighted by molar-refractivity contribution is 0.322. The Kier molecular flexibility index (Phi) is 5.37. The van der Waals surface area contributed by atoms with E-state index in [0.717, 1.165) is 22.2 Å². The van der Waals surface area contributed by atoms with Crippen molar-refractivity contribution in [3.8, 4) is 17.6 Å². The molecule has 0 spiro atoms. The van der Waals surface area contributed by atoms with Gasteiger partial charge in [0.1, 0.15) is 5.75 Å². The predicted octanol–water partition coefficient (Wildman–Crippen LogP) is 3.26. The second-order valence-corrected chi connectivity index (χ2v) is 4.41. The van der Waals surface area contributed by atoms with E-state index in [4.69, 9.17) is 10.5 Å². The fraction of sp³-hybridized carbons (Fsp3) is 0.385. The van der Waals surface area contributed by atoms with E-state index in [-0.39, 0.29) is 6.04 Å². The topological polar surface area (TPSA) is 35.2 Å². The molecule has 0 aliphatic carbocycles. The molecule has 1 aromatic rings. The molecule has 2 nitrogen and oxygen atoms in total. The van der Waals surface area contributed by atoms with Gasteiger partial charge in [0.25, 0.3) is 0 Å². The first-order valence-corrected chi connectivity index (χ1v) is 6.02. The molecule has 1 unspecified atom stereocenters. The van der Waals surface area contributed by atoms with Crippen LogP contribution >= 0.6 is 15.9 Å². The Bertz CT molecular complexity index is 404. The summed E-state index contributed by atoms with van der Waals surface area (Å²) in [7, 11) is 0. The van der Waals surface area contributed by atoms with Gasteiger partial charge >= 0.3 is 0 Å². The Morgan fingerprint density at radius 1 is 1.50 bits per heavy atom. The van der Waals surface area contributed by atoms with E-state index in [9.17, 15) is 0 Å². The maximum absolute atomic E-state index is 5.87. The Morgan fingerprint density at radius 2 is 2.25 bits per heavy atom. The molecule has 0 heterocycles. The average molecular weight is 282 g/mol. The van der Waals surface area contributed by atoms with Crippen LogP contribution in [0.1, 0.15) is 31.9 Å². The molecular formula is C13H16BrNO. The summed E-state index contributed by atoms with van der Waals surface area (Å²) in [6, 6.07) is 5.87. The minimum Gasteiger partial charge on any atom is -0.492 e. The first kappa shape index (κ1) is 13.1. The fourth-order valence-electron chi connectivity index (χ4n) is 1.35. The molecule has 0 fully saturated rings. The van der Waals surface area contributed by atoms with Crippen LogP contribution in [0.15, 0.2) is 22.7 Å². The highest BCUT2D eigenvalue weighted by atomic mass is 79.9. The van der Waals surface area contributed by atoms with Gasteiger partial charge < -0.3 is 10.5 Å². The second-order valence-electron chi connectivity index (χ2n) is 3.50. The van der Waals surface area contributed by atoms with Gasteiger partial charge in [-0.1, -0.05) is 22.0 Å². The zero-order valence-electron chi connectivity index (χ0n) is 9.59. The van der Waals surface area contributed by atoms with E-state index in [2.05, 4.69) is 27.8 Å². The van der Waals surface area contributed by atoms with Crippen molar-refractivity contribution in [2.24, 2.45) is 5.73 Å². The molecule has 0 amide bonds. The van der Waals surface area contributed by atoms with Crippen LogP contribution in [0.3, 0.4) is 0 Å². The third-order valence-corrected chi connectivity index (χ3v) is 2.62. The van der Waals surface area contributed by atoms with Crippen molar-refractivity contribution < 1.29 is 4.74 Å². The van der Waals surface area contributed by atoms with Gasteiger partial charge in [-0.2, -0.15) is 0 Å². The van der Waals surface area contributed by atoms with Crippen LogP contribution < -0.4 is 10.5 Å². The molecule has 16 heavy (non-hydrogen) atoms. The Hall–Kier alpha value is -0.980. The van der Waals surface area contributed by atoms with Gasteiger partial charge in [-0.3, -0.25) is 0 Å². The summed E-state index contributed by atoms with van der Waals surface area (Å²) < 4.78 is 6.66. The number of benzene rings is 1. The zero-order chi connectivity index (χ0) is 12.0. The number of rotatable bonds is 4. The molecule has 1 atom stereocenters. The fourth-order valence-corrected chi connectivity index (χ4v) is 1.69. The molecule has 0 saturated carbocycles. The van der Waals surface area contributed by atoms with Crippen LogP contribution in [0, 0.1) is 11.8 Å². The molecule has 1 rings (SSSR count). The van der Waals surface area contributed by atoms with E-state index in [1.807, 2.05) is 32.0 Å². The Morgan fingerprint density at radius 3 is 2.88 bits per heavy atom. The highest BCUT2D eigenvalue weighted by Gasteiger charge is 2.08. The standard InChI is InChI=1S/C13H16BrNO/c1-3-4-5-8-16-13-9-11(14)6-7-12(13)10(2)15/h6-7,9-10H,5,8,15H2,1-2H3. The van der Waals surface area contributed by atoms with E-state index in [0.29, 0.717) is 6.61 Å². The molecular weight excluding hydrogens is 266 g/mol. The quantitative estimate of drug-likeness (QED) is 0.679. The average Bonchev–Trinajstić information content (AvgIpc) is 2.24. The Balaban J connectivity index is 2.74. The van der Waals surface area contributed by atoms with E-state index < -0.39 is 0 Å². The van der Waals surface area contributed by atoms with Crippen LogP contribution in [-0.2, 0) is 0 Å². The van der Waals surface area contributed by atoms with Gasteiger partial charge in [-0.15, -0.1) is 11.8 Å². The molecule has 0 aromatic heterocycles. The van der Waals surface area contributed by atoms with E-state index >= 15 is 0 Å². The maximum atomic E-state index is 5.87. The lowest BCUT2D eigenvalue weighted by Crippen LogP contribution is -2.08. The molecule has 0 aliphatic heterocycles. The van der Waals surface area contributed by atoms with Crippen molar-refractivity contribution in [1.29, 1.82) is 0 Å². The van der Waals surface area contributed by atoms with Gasteiger partial charge in [0.05, 0.1) is 6.61 Å². The number of ether oxygens (including phenoxy) is 1. The number of nitrogens with two attached hydrogens (primary N) is 1. The molecule has 0 aliphatic rings. The van der Waals surface area contributed by atoms with Gasteiger partial charge in [0.2, 0.25) is 0 Å². The monoisotopic (exact) mass is 281 g/mol. The third kappa shape index (κ3) is 3.88. The largest absolute Gasteiger partial charge is 0.492 e. The van der Waals surface area contributed by atoms with Crippen molar-refractivity contribution in [1.82, 2.24) is 0 Å². The minimum absolute atomic E-state index is 0.0274. The maximum Gasteiger partial charge on any atom is 0.125 e. The second kappa shape index (κ2) is 6.57. The predicted molar refractivity (Wildman–Crippen MR) is 70.3 cm³/mol. The van der Waals surface area contributed by atoms with Gasteiger partial charge in [-0.05, 0) is 26.0 Å². The van der Waals surface area contributed by atoms with Crippen molar-refractivity contribution >= 4 is 15.9 Å². The van der Waals surface area contributed by atoms with Crippen LogP contribution in [0.2, 0.25) is 0 Å². The van der Waals surface area contributed by atoms with Crippen LogP contribution in [0.5, 0.6) is 5.75 Å². The molecule has 0 radical (unpaired) electrons. The first-order valence-electron chi connectivity index (χ1n) is 5.22. The van der Waals surface area contributed by atoms with Crippen molar-refractivity contribution in [2.45, 2.75) is 26.3 Å². The van der Waals surface area contributed by atoms with Crippen molar-refractivity contribution in [3.05, 3.63) is 28.2 Å². The highest BCUT2D eigenvalue weighted by molar-refractivity contribution is 9.10. The third-order valence-electron chi connectivity index (χ3n) is 2.13. The van der Waals surface area contributed by atoms with Crippen LogP contribution in [0.25, 0.3) is 0 Å². The zero-order valence-corrected chi connectivity index (χ0v) is 11.2. The molecule has 1 aromatic carbocycles. The highest BCUT2D eigenvalue weighted by Crippen LogP contribution is 2.27. The summed E-state index contributed by atoms with van der Waals surface area (Å²) in [6.07, 6.45) is 0.738. The summed E-state index contributed by atoms with van der Waals surface area (Å²) in [4.78, 5) is 0. The van der Waals surface area contributed by atoms with Gasteiger partial charge in [0.15, 0.2) is 0 Å². The summed E-state index contributed by atoms with van der Waals surface area (Å²) in [6.45, 7) is 4.37. The van der Waals surface area contributed by atoms with Gasteiger partial charge in [-0.25, -0.2) is 0 Å². The first-order chi connectivity index (χ1) is 7.65. The number of halogens is 1. The molecule has 86 valence electrons. The molecule has 0 bridgehead atoms. The number of hydrogen-bond donors (Lipinski definition) is 1. The Labute approximate surface area is 105 Å². The summed E-state index contributed by atoms with van der Waals surface area (Å²) >= 11 is 3.42. The summed E-state index contributed by atoms with van der Waals surface area (Å²) in [5.74, 6) is 6.64. The molecule has 0 saturated heterocycles. The van der Waals surface area contributed by atoms with E-state index in [1.165, 1.54) is 0 Å². The van der Waals surface area contributed by atoms with Crippen LogP contribution in [-0.4, -0.2) is 6.61 Å². The normalized spacial score (nSPS) is 11.5. The smallest absolute Gasteiger partial charge is 0.125 e. The SMILES string of the molecule is CC#CCCOc1cc(Br)ccc1C(C)N. The summed E-state index contributed by atoms with van der Waals surface area (Å²) in [5, 5.41) is 0. The molecule has 2 N–H and O–H groups in total. The van der Waals surface area contributed by atoms with Crippen molar-refractivity contribution in [2.75, 3.05) is 6.61 Å². The lowest BCUT2D eigenvalue weighted by Gasteiger charge is -2.13. The van der Waals surface area contributed by atoms with Crippen LogP contribution in [0.4, 0.5) is 0 Å². The minimum atomic E-state index is -0.0274. The molecule has 3 heteroatoms. The summed E-state index contributed by atoms with van der Waals surface area (Å²) in [5.41, 5.74) is 6.89. The number of hydrogen-bond acceptors (Lipinski definition) is 2. The van der Waals surface area contributed by atoms with Crippen molar-refractivity contribution in [3.63, 3.8) is 0 Å². The lowest BCUT2D eigenvalue weighted by atomic mass is 10.1. The van der Waals surface area contributed by atoms with Gasteiger partial charge in [0, 0.05) is 22.5 Å².